The number of nitrogens with two attached hydrogens (primary N) is 1. The Morgan fingerprint density at radius 3 is 2.56 bits per heavy atom. The molecule has 0 aliphatic carbocycles. The quantitative estimate of drug-likeness (QED) is 0.284. The summed E-state index contributed by atoms with van der Waals surface area (Å²) in [7, 11) is 0. The van der Waals surface area contributed by atoms with E-state index in [0.717, 1.165) is 13.1 Å². The standard InChI is InChI=1S/C10H23N3O3/c1-3-16-9(14)10(2,15)8-13-7-6-12-5-4-11/h12-13,15H,3-8,11H2,1-2H3. The molecule has 1 atom stereocenters. The van der Waals surface area contributed by atoms with E-state index in [-0.39, 0.29) is 13.2 Å². The van der Waals surface area contributed by atoms with Gasteiger partial charge in [0.1, 0.15) is 0 Å². The normalized spacial score (nSPS) is 14.5. The SMILES string of the molecule is CCOC(=O)C(C)(O)CNCCNCCN. The van der Waals surface area contributed by atoms with Gasteiger partial charge in [-0.1, -0.05) is 0 Å². The van der Waals surface area contributed by atoms with Gasteiger partial charge in [0, 0.05) is 32.7 Å². The van der Waals surface area contributed by atoms with E-state index in [4.69, 9.17) is 10.5 Å². The van der Waals surface area contributed by atoms with Gasteiger partial charge in [0.05, 0.1) is 6.61 Å². The van der Waals surface area contributed by atoms with Gasteiger partial charge in [-0.25, -0.2) is 4.79 Å². The van der Waals surface area contributed by atoms with Crippen LogP contribution in [0.15, 0.2) is 0 Å². The van der Waals surface area contributed by atoms with Crippen molar-refractivity contribution in [2.75, 3.05) is 39.3 Å². The van der Waals surface area contributed by atoms with E-state index in [1.807, 2.05) is 0 Å². The summed E-state index contributed by atoms with van der Waals surface area (Å²) in [4.78, 5) is 11.3. The fourth-order valence-electron chi connectivity index (χ4n) is 1.09. The summed E-state index contributed by atoms with van der Waals surface area (Å²) in [5.74, 6) is -0.600. The molecular weight excluding hydrogens is 210 g/mol. The molecule has 0 saturated heterocycles. The van der Waals surface area contributed by atoms with Crippen molar-refractivity contribution in [3.63, 3.8) is 0 Å². The molecule has 6 heteroatoms. The van der Waals surface area contributed by atoms with Crippen LogP contribution in [0.1, 0.15) is 13.8 Å². The first kappa shape index (κ1) is 15.3. The Hall–Kier alpha value is -0.690. The Kier molecular flexibility index (Phi) is 8.10. The zero-order valence-corrected chi connectivity index (χ0v) is 10.1. The van der Waals surface area contributed by atoms with Gasteiger partial charge < -0.3 is 26.2 Å². The van der Waals surface area contributed by atoms with Gasteiger partial charge >= 0.3 is 5.97 Å². The molecule has 0 aliphatic rings. The van der Waals surface area contributed by atoms with Crippen LogP contribution in [0.5, 0.6) is 0 Å². The first-order valence-electron chi connectivity index (χ1n) is 5.55. The first-order valence-corrected chi connectivity index (χ1v) is 5.55. The van der Waals surface area contributed by atoms with Crippen LogP contribution in [0.3, 0.4) is 0 Å². The van der Waals surface area contributed by atoms with E-state index in [0.29, 0.717) is 13.1 Å². The molecule has 0 heterocycles. The number of hydrogen-bond acceptors (Lipinski definition) is 6. The largest absolute Gasteiger partial charge is 0.464 e. The second-order valence-corrected chi connectivity index (χ2v) is 3.71. The highest BCUT2D eigenvalue weighted by atomic mass is 16.5. The van der Waals surface area contributed by atoms with Gasteiger partial charge in [0.2, 0.25) is 0 Å². The third-order valence-electron chi connectivity index (χ3n) is 1.98. The summed E-state index contributed by atoms with van der Waals surface area (Å²) in [5, 5.41) is 15.8. The van der Waals surface area contributed by atoms with Gasteiger partial charge in [-0.3, -0.25) is 0 Å². The van der Waals surface area contributed by atoms with Crippen molar-refractivity contribution in [1.82, 2.24) is 10.6 Å². The van der Waals surface area contributed by atoms with Gasteiger partial charge in [0.15, 0.2) is 5.60 Å². The smallest absolute Gasteiger partial charge is 0.339 e. The second kappa shape index (κ2) is 8.46. The van der Waals surface area contributed by atoms with Gasteiger partial charge in [-0.2, -0.15) is 0 Å². The molecule has 0 bridgehead atoms. The molecule has 0 fully saturated rings. The van der Waals surface area contributed by atoms with Crippen molar-refractivity contribution in [2.45, 2.75) is 19.4 Å². The molecule has 5 N–H and O–H groups in total. The molecule has 0 rings (SSSR count). The van der Waals surface area contributed by atoms with Crippen molar-refractivity contribution >= 4 is 5.97 Å². The number of esters is 1. The highest BCUT2D eigenvalue weighted by Gasteiger charge is 2.31. The fraction of sp³-hybridized carbons (Fsp3) is 0.900. The number of aliphatic hydroxyl groups is 1. The van der Waals surface area contributed by atoms with E-state index in [2.05, 4.69) is 10.6 Å². The number of nitrogens with one attached hydrogen (secondary N) is 2. The Balaban J connectivity index is 3.61. The number of rotatable bonds is 9. The Labute approximate surface area is 96.5 Å². The van der Waals surface area contributed by atoms with E-state index in [1.165, 1.54) is 6.92 Å². The lowest BCUT2D eigenvalue weighted by Crippen LogP contribution is -2.47. The Bertz CT molecular complexity index is 198. The zero-order valence-electron chi connectivity index (χ0n) is 10.1. The van der Waals surface area contributed by atoms with Crippen molar-refractivity contribution in [3.8, 4) is 0 Å². The Morgan fingerprint density at radius 2 is 2.00 bits per heavy atom. The van der Waals surface area contributed by atoms with Crippen LogP contribution >= 0.6 is 0 Å². The second-order valence-electron chi connectivity index (χ2n) is 3.71. The summed E-state index contributed by atoms with van der Waals surface area (Å²) in [5.41, 5.74) is 3.83. The van der Waals surface area contributed by atoms with Crippen LogP contribution in [0.4, 0.5) is 0 Å². The zero-order chi connectivity index (χ0) is 12.4. The molecule has 0 aromatic carbocycles. The molecule has 0 aromatic rings. The lowest BCUT2D eigenvalue weighted by molar-refractivity contribution is -0.162. The summed E-state index contributed by atoms with van der Waals surface area (Å²) in [6.07, 6.45) is 0. The van der Waals surface area contributed by atoms with Crippen LogP contribution in [-0.4, -0.2) is 56.0 Å². The summed E-state index contributed by atoms with van der Waals surface area (Å²) in [6.45, 7) is 6.36. The number of hydrogen-bond donors (Lipinski definition) is 4. The maximum absolute atomic E-state index is 11.3. The van der Waals surface area contributed by atoms with E-state index in [1.54, 1.807) is 6.92 Å². The highest BCUT2D eigenvalue weighted by molar-refractivity contribution is 5.79. The molecule has 6 nitrogen and oxygen atoms in total. The number of carbonyl (C=O) groups excluding carboxylic acids is 1. The fourth-order valence-corrected chi connectivity index (χ4v) is 1.09. The molecule has 0 spiro atoms. The molecule has 0 amide bonds. The summed E-state index contributed by atoms with van der Waals surface area (Å²) >= 11 is 0. The lowest BCUT2D eigenvalue weighted by atomic mass is 10.1. The van der Waals surface area contributed by atoms with Crippen molar-refractivity contribution in [2.24, 2.45) is 5.73 Å². The monoisotopic (exact) mass is 233 g/mol. The third-order valence-corrected chi connectivity index (χ3v) is 1.98. The maximum atomic E-state index is 11.3. The predicted molar refractivity (Wildman–Crippen MR) is 62.1 cm³/mol. The Morgan fingerprint density at radius 1 is 1.38 bits per heavy atom. The third kappa shape index (κ3) is 6.73. The van der Waals surface area contributed by atoms with Crippen LogP contribution in [0.25, 0.3) is 0 Å². The first-order chi connectivity index (χ1) is 7.54. The minimum Gasteiger partial charge on any atom is -0.464 e. The van der Waals surface area contributed by atoms with Crippen LogP contribution in [0.2, 0.25) is 0 Å². The minimum atomic E-state index is -1.47. The molecular formula is C10H23N3O3. The number of ether oxygens (including phenoxy) is 1. The van der Waals surface area contributed by atoms with Gasteiger partial charge in [0.25, 0.3) is 0 Å². The van der Waals surface area contributed by atoms with E-state index in [9.17, 15) is 9.90 Å². The lowest BCUT2D eigenvalue weighted by Gasteiger charge is -2.21. The molecule has 0 aliphatic heterocycles. The predicted octanol–water partition coefficient (Wildman–Crippen LogP) is -1.56. The van der Waals surface area contributed by atoms with E-state index >= 15 is 0 Å². The van der Waals surface area contributed by atoms with Crippen molar-refractivity contribution < 1.29 is 14.6 Å². The molecule has 0 radical (unpaired) electrons. The summed E-state index contributed by atoms with van der Waals surface area (Å²) in [6, 6.07) is 0. The molecule has 96 valence electrons. The van der Waals surface area contributed by atoms with Crippen LogP contribution in [0, 0.1) is 0 Å². The van der Waals surface area contributed by atoms with Gasteiger partial charge in [-0.15, -0.1) is 0 Å². The van der Waals surface area contributed by atoms with Crippen molar-refractivity contribution in [3.05, 3.63) is 0 Å². The summed E-state index contributed by atoms with van der Waals surface area (Å²) < 4.78 is 4.74. The average molecular weight is 233 g/mol. The highest BCUT2D eigenvalue weighted by Crippen LogP contribution is 2.03. The van der Waals surface area contributed by atoms with Gasteiger partial charge in [-0.05, 0) is 13.8 Å². The average Bonchev–Trinajstić information content (AvgIpc) is 2.23. The molecule has 1 unspecified atom stereocenters. The molecule has 0 aromatic heterocycles. The van der Waals surface area contributed by atoms with Crippen LogP contribution in [-0.2, 0) is 9.53 Å². The van der Waals surface area contributed by atoms with E-state index < -0.39 is 11.6 Å². The molecule has 0 saturated carbocycles. The molecule has 16 heavy (non-hydrogen) atoms. The van der Waals surface area contributed by atoms with Crippen molar-refractivity contribution in [1.29, 1.82) is 0 Å². The topological polar surface area (TPSA) is 96.6 Å². The van der Waals surface area contributed by atoms with Crippen LogP contribution < -0.4 is 16.4 Å². The maximum Gasteiger partial charge on any atom is 0.339 e. The minimum absolute atomic E-state index is 0.177. The number of carbonyl (C=O) groups is 1.